The van der Waals surface area contributed by atoms with E-state index in [-0.39, 0.29) is 23.0 Å². The van der Waals surface area contributed by atoms with Crippen molar-refractivity contribution in [3.05, 3.63) is 57.9 Å². The van der Waals surface area contributed by atoms with Crippen molar-refractivity contribution in [2.75, 3.05) is 5.75 Å². The number of benzene rings is 1. The van der Waals surface area contributed by atoms with Crippen LogP contribution in [-0.2, 0) is 11.3 Å². The first-order valence-corrected chi connectivity index (χ1v) is 9.11. The second-order valence-corrected chi connectivity index (χ2v) is 7.41. The van der Waals surface area contributed by atoms with Crippen LogP contribution in [0, 0.1) is 11.3 Å². The molecular weight excluding hydrogens is 358 g/mol. The number of aromatic hydroxyl groups is 1. The van der Waals surface area contributed by atoms with Crippen LogP contribution in [0.1, 0.15) is 11.1 Å². The van der Waals surface area contributed by atoms with Gasteiger partial charge in [0.25, 0.3) is 5.56 Å². The fourth-order valence-electron chi connectivity index (χ4n) is 2.24. The van der Waals surface area contributed by atoms with E-state index in [4.69, 9.17) is 0 Å². The largest absolute Gasteiger partial charge is 0.506 e. The molecule has 25 heavy (non-hydrogen) atoms. The van der Waals surface area contributed by atoms with Gasteiger partial charge in [0, 0.05) is 12.6 Å². The second-order valence-electron chi connectivity index (χ2n) is 5.15. The van der Waals surface area contributed by atoms with E-state index in [2.05, 4.69) is 10.3 Å². The van der Waals surface area contributed by atoms with Crippen molar-refractivity contribution in [1.82, 2.24) is 10.3 Å². The number of H-pyrrole nitrogens is 1. The van der Waals surface area contributed by atoms with E-state index in [1.54, 1.807) is 0 Å². The number of nitrogens with zero attached hydrogens (tertiary/aromatic N) is 1. The summed E-state index contributed by atoms with van der Waals surface area (Å²) in [6.07, 6.45) is 0. The Morgan fingerprint density at radius 2 is 2.12 bits per heavy atom. The average Bonchev–Trinajstić information content (AvgIpc) is 2.96. The van der Waals surface area contributed by atoms with Crippen molar-refractivity contribution in [1.29, 1.82) is 5.26 Å². The molecule has 0 spiro atoms. The third-order valence-corrected chi connectivity index (χ3v) is 5.89. The number of fused-ring (bicyclic) bond motifs is 1. The highest BCUT2D eigenvalue weighted by Crippen LogP contribution is 2.39. The lowest BCUT2D eigenvalue weighted by Gasteiger charge is -2.04. The van der Waals surface area contributed by atoms with Crippen LogP contribution in [0.2, 0.25) is 0 Å². The second kappa shape index (κ2) is 7.42. The molecule has 1 amide bonds. The molecule has 0 saturated heterocycles. The van der Waals surface area contributed by atoms with Crippen LogP contribution in [-0.4, -0.2) is 21.8 Å². The first kappa shape index (κ1) is 17.1. The number of thiophene rings is 1. The minimum absolute atomic E-state index is 0.138. The lowest BCUT2D eigenvalue weighted by molar-refractivity contribution is -0.118. The summed E-state index contributed by atoms with van der Waals surface area (Å²) in [5, 5.41) is 22.0. The van der Waals surface area contributed by atoms with Crippen LogP contribution in [0.4, 0.5) is 0 Å². The Kier molecular flexibility index (Phi) is 5.07. The maximum absolute atomic E-state index is 12.0. The van der Waals surface area contributed by atoms with Crippen LogP contribution in [0.25, 0.3) is 10.2 Å². The molecule has 0 radical (unpaired) electrons. The summed E-state index contributed by atoms with van der Waals surface area (Å²) >= 11 is 2.39. The molecule has 0 aliphatic carbocycles. The van der Waals surface area contributed by atoms with Gasteiger partial charge < -0.3 is 15.4 Å². The number of amides is 1. The van der Waals surface area contributed by atoms with Gasteiger partial charge in [-0.15, -0.1) is 23.1 Å². The van der Waals surface area contributed by atoms with Gasteiger partial charge in [-0.2, -0.15) is 5.26 Å². The molecule has 3 N–H and O–H groups in total. The Morgan fingerprint density at radius 3 is 2.84 bits per heavy atom. The Morgan fingerprint density at radius 1 is 1.36 bits per heavy atom. The fraction of sp³-hybridized carbons (Fsp3) is 0.118. The summed E-state index contributed by atoms with van der Waals surface area (Å²) in [6, 6.07) is 12.7. The van der Waals surface area contributed by atoms with Crippen molar-refractivity contribution < 1.29 is 9.90 Å². The third kappa shape index (κ3) is 3.84. The molecular formula is C17H13N3O3S2. The fourth-order valence-corrected chi connectivity index (χ4v) is 4.41. The SMILES string of the molecule is N#Cc1c(SCC(=O)NCc2ccccc2)sc2c(O)cc(=O)[nH]c12. The summed E-state index contributed by atoms with van der Waals surface area (Å²) < 4.78 is 1.02. The van der Waals surface area contributed by atoms with Crippen LogP contribution in [0.15, 0.2) is 45.4 Å². The number of hydrogen-bond acceptors (Lipinski definition) is 6. The van der Waals surface area contributed by atoms with Crippen molar-refractivity contribution >= 4 is 39.2 Å². The van der Waals surface area contributed by atoms with E-state index < -0.39 is 5.56 Å². The molecule has 126 valence electrons. The number of hydrogen-bond donors (Lipinski definition) is 3. The molecule has 0 saturated carbocycles. The molecule has 8 heteroatoms. The minimum Gasteiger partial charge on any atom is -0.506 e. The molecule has 1 aromatic carbocycles. The van der Waals surface area contributed by atoms with Gasteiger partial charge in [-0.05, 0) is 5.56 Å². The maximum atomic E-state index is 12.0. The molecule has 2 heterocycles. The van der Waals surface area contributed by atoms with Crippen LogP contribution in [0.3, 0.4) is 0 Å². The predicted octanol–water partition coefficient (Wildman–Crippen LogP) is 2.58. The van der Waals surface area contributed by atoms with Gasteiger partial charge in [0.1, 0.15) is 17.4 Å². The van der Waals surface area contributed by atoms with E-state index in [1.807, 2.05) is 36.4 Å². The average molecular weight is 371 g/mol. The topological polar surface area (TPSA) is 106 Å². The number of pyridine rings is 1. The Bertz CT molecular complexity index is 1020. The zero-order chi connectivity index (χ0) is 17.8. The van der Waals surface area contributed by atoms with E-state index in [1.165, 1.54) is 23.1 Å². The van der Waals surface area contributed by atoms with Gasteiger partial charge in [-0.25, -0.2) is 0 Å². The van der Waals surface area contributed by atoms with Crippen LogP contribution in [0.5, 0.6) is 5.75 Å². The molecule has 0 unspecified atom stereocenters. The van der Waals surface area contributed by atoms with Crippen molar-refractivity contribution in [3.63, 3.8) is 0 Å². The normalized spacial score (nSPS) is 10.5. The van der Waals surface area contributed by atoms with Gasteiger partial charge >= 0.3 is 0 Å². The summed E-state index contributed by atoms with van der Waals surface area (Å²) in [5.74, 6) is -0.187. The van der Waals surface area contributed by atoms with Crippen molar-refractivity contribution in [3.8, 4) is 11.8 Å². The number of aromatic amines is 1. The van der Waals surface area contributed by atoms with Crippen LogP contribution >= 0.6 is 23.1 Å². The lowest BCUT2D eigenvalue weighted by Crippen LogP contribution is -2.24. The van der Waals surface area contributed by atoms with Crippen molar-refractivity contribution in [2.45, 2.75) is 10.8 Å². The molecule has 3 rings (SSSR count). The smallest absolute Gasteiger partial charge is 0.252 e. The quantitative estimate of drug-likeness (QED) is 0.598. The zero-order valence-electron chi connectivity index (χ0n) is 12.9. The Labute approximate surface area is 151 Å². The van der Waals surface area contributed by atoms with E-state index in [0.717, 1.165) is 11.6 Å². The van der Waals surface area contributed by atoms with Crippen molar-refractivity contribution in [2.24, 2.45) is 0 Å². The molecule has 6 nitrogen and oxygen atoms in total. The lowest BCUT2D eigenvalue weighted by atomic mass is 10.2. The highest BCUT2D eigenvalue weighted by atomic mass is 32.2. The van der Waals surface area contributed by atoms with E-state index in [0.29, 0.717) is 21.0 Å². The van der Waals surface area contributed by atoms with Gasteiger partial charge in [0.2, 0.25) is 5.91 Å². The van der Waals surface area contributed by atoms with Gasteiger partial charge in [-0.1, -0.05) is 30.3 Å². The number of nitriles is 1. The maximum Gasteiger partial charge on any atom is 0.252 e. The monoisotopic (exact) mass is 371 g/mol. The van der Waals surface area contributed by atoms with Crippen LogP contribution < -0.4 is 10.9 Å². The molecule has 0 aliphatic heterocycles. The molecule has 0 atom stereocenters. The summed E-state index contributed by atoms with van der Waals surface area (Å²) in [7, 11) is 0. The molecule has 0 bridgehead atoms. The highest BCUT2D eigenvalue weighted by Gasteiger charge is 2.17. The number of nitrogens with one attached hydrogen (secondary N) is 2. The van der Waals surface area contributed by atoms with Gasteiger partial charge in [-0.3, -0.25) is 9.59 Å². The number of aromatic nitrogens is 1. The third-order valence-electron chi connectivity index (χ3n) is 3.40. The molecule has 3 aromatic rings. The number of thioether (sulfide) groups is 1. The number of rotatable bonds is 5. The number of carbonyl (C=O) groups excluding carboxylic acids is 1. The summed E-state index contributed by atoms with van der Waals surface area (Å²) in [6.45, 7) is 0.436. The highest BCUT2D eigenvalue weighted by molar-refractivity contribution is 8.02. The van der Waals surface area contributed by atoms with E-state index in [9.17, 15) is 20.0 Å². The van der Waals surface area contributed by atoms with E-state index >= 15 is 0 Å². The van der Waals surface area contributed by atoms with Gasteiger partial charge in [0.05, 0.1) is 20.2 Å². The summed E-state index contributed by atoms with van der Waals surface area (Å²) in [4.78, 5) is 26.0. The standard InChI is InChI=1S/C17H13N3O3S2/c18-7-11-15-16(12(21)6-13(22)20-15)25-17(11)24-9-14(23)19-8-10-4-2-1-3-5-10/h1-6H,8-9H2,(H,19,23)(H2,20,21,22). The molecule has 0 fully saturated rings. The Balaban J connectivity index is 1.71. The minimum atomic E-state index is -0.476. The first-order valence-electron chi connectivity index (χ1n) is 7.31. The summed E-state index contributed by atoms with van der Waals surface area (Å²) in [5.41, 5.74) is 1.11. The molecule has 2 aromatic heterocycles. The van der Waals surface area contributed by atoms with Gasteiger partial charge in [0.15, 0.2) is 0 Å². The molecule has 0 aliphatic rings. The number of carbonyl (C=O) groups is 1. The predicted molar refractivity (Wildman–Crippen MR) is 97.8 cm³/mol. The zero-order valence-corrected chi connectivity index (χ0v) is 14.5. The first-order chi connectivity index (χ1) is 12.1. The Hall–Kier alpha value is -2.76.